The number of fused-ring (bicyclic) bond motifs is 1. The first kappa shape index (κ1) is 19.6. The topological polar surface area (TPSA) is 91.1 Å². The lowest BCUT2D eigenvalue weighted by atomic mass is 10.0. The minimum absolute atomic E-state index is 0.0157. The summed E-state index contributed by atoms with van der Waals surface area (Å²) >= 11 is 0. The summed E-state index contributed by atoms with van der Waals surface area (Å²) in [5.41, 5.74) is 3.38. The standard InChI is InChI=1S/C24H16FN3O4/c1-14-2-4-15(5-3-14)22(29)17-8-11-19-20(12-17)31-24(30)28(19)13-21-26-23(32-27-21)16-6-9-18(25)10-7-16/h2-12H,13H2,1H3. The first-order valence-corrected chi connectivity index (χ1v) is 9.81. The highest BCUT2D eigenvalue weighted by atomic mass is 19.1. The second-order valence-corrected chi connectivity index (χ2v) is 7.35. The molecule has 0 unspecified atom stereocenters. The molecule has 0 N–H and O–H groups in total. The lowest BCUT2D eigenvalue weighted by Gasteiger charge is -2.03. The van der Waals surface area contributed by atoms with E-state index in [1.807, 2.05) is 19.1 Å². The molecule has 0 aliphatic rings. The van der Waals surface area contributed by atoms with Crippen LogP contribution < -0.4 is 5.76 Å². The van der Waals surface area contributed by atoms with Crippen molar-refractivity contribution in [3.63, 3.8) is 0 Å². The van der Waals surface area contributed by atoms with Gasteiger partial charge in [0, 0.05) is 16.7 Å². The molecule has 2 aromatic heterocycles. The molecule has 0 aliphatic carbocycles. The molecule has 0 radical (unpaired) electrons. The van der Waals surface area contributed by atoms with E-state index in [1.54, 1.807) is 30.3 Å². The number of carbonyl (C=O) groups is 1. The van der Waals surface area contributed by atoms with Crippen molar-refractivity contribution in [2.24, 2.45) is 0 Å². The minimum Gasteiger partial charge on any atom is -0.408 e. The van der Waals surface area contributed by atoms with Crippen LogP contribution in [0.3, 0.4) is 0 Å². The second-order valence-electron chi connectivity index (χ2n) is 7.35. The SMILES string of the molecule is Cc1ccc(C(=O)c2ccc3c(c2)oc(=O)n3Cc2noc(-c3ccc(F)cc3)n2)cc1. The summed E-state index contributed by atoms with van der Waals surface area (Å²) in [6, 6.07) is 17.8. The molecule has 5 aromatic rings. The molecule has 0 saturated heterocycles. The Morgan fingerprint density at radius 2 is 1.72 bits per heavy atom. The van der Waals surface area contributed by atoms with Gasteiger partial charge in [0.25, 0.3) is 5.89 Å². The molecule has 0 amide bonds. The summed E-state index contributed by atoms with van der Waals surface area (Å²) < 4.78 is 25.0. The van der Waals surface area contributed by atoms with Gasteiger partial charge in [0.05, 0.1) is 12.1 Å². The Bertz CT molecular complexity index is 1500. The number of benzene rings is 3. The Kier molecular flexibility index (Phi) is 4.74. The largest absolute Gasteiger partial charge is 0.420 e. The molecule has 3 aromatic carbocycles. The number of hydrogen-bond donors (Lipinski definition) is 0. The number of aryl methyl sites for hydroxylation is 1. The third kappa shape index (κ3) is 3.62. The molecule has 0 fully saturated rings. The van der Waals surface area contributed by atoms with E-state index < -0.39 is 5.76 Å². The van der Waals surface area contributed by atoms with E-state index in [0.717, 1.165) is 5.56 Å². The fourth-order valence-corrected chi connectivity index (χ4v) is 3.40. The molecule has 0 spiro atoms. The van der Waals surface area contributed by atoms with Crippen LogP contribution in [0.25, 0.3) is 22.6 Å². The molecule has 0 bridgehead atoms. The predicted octanol–water partition coefficient (Wildman–Crippen LogP) is 4.37. The van der Waals surface area contributed by atoms with E-state index in [1.165, 1.54) is 28.8 Å². The maximum Gasteiger partial charge on any atom is 0.420 e. The summed E-state index contributed by atoms with van der Waals surface area (Å²) in [7, 11) is 0. The van der Waals surface area contributed by atoms with Crippen LogP contribution in [-0.2, 0) is 6.54 Å². The van der Waals surface area contributed by atoms with Gasteiger partial charge in [0.15, 0.2) is 17.2 Å². The van der Waals surface area contributed by atoms with E-state index in [4.69, 9.17) is 8.94 Å². The zero-order valence-corrected chi connectivity index (χ0v) is 16.9. The number of halogens is 1. The van der Waals surface area contributed by atoms with Gasteiger partial charge in [0.2, 0.25) is 0 Å². The quantitative estimate of drug-likeness (QED) is 0.385. The number of ketones is 1. The molecule has 7 nitrogen and oxygen atoms in total. The van der Waals surface area contributed by atoms with Gasteiger partial charge in [-0.25, -0.2) is 9.18 Å². The summed E-state index contributed by atoms with van der Waals surface area (Å²) in [5.74, 6) is -0.664. The number of oxazole rings is 1. The third-order valence-corrected chi connectivity index (χ3v) is 5.10. The van der Waals surface area contributed by atoms with Gasteiger partial charge in [-0.2, -0.15) is 4.98 Å². The highest BCUT2D eigenvalue weighted by molar-refractivity contribution is 6.10. The number of rotatable bonds is 5. The van der Waals surface area contributed by atoms with Gasteiger partial charge in [-0.1, -0.05) is 35.0 Å². The summed E-state index contributed by atoms with van der Waals surface area (Å²) in [6.45, 7) is 1.96. The van der Waals surface area contributed by atoms with E-state index in [0.29, 0.717) is 22.2 Å². The number of hydrogen-bond acceptors (Lipinski definition) is 6. The Morgan fingerprint density at radius 1 is 1.00 bits per heavy atom. The maximum atomic E-state index is 13.1. The molecular formula is C24H16FN3O4. The Hall–Kier alpha value is -4.33. The van der Waals surface area contributed by atoms with Crippen molar-refractivity contribution >= 4 is 16.9 Å². The van der Waals surface area contributed by atoms with Crippen molar-refractivity contribution in [2.45, 2.75) is 13.5 Å². The van der Waals surface area contributed by atoms with Crippen LogP contribution in [0.4, 0.5) is 4.39 Å². The maximum absolute atomic E-state index is 13.1. The lowest BCUT2D eigenvalue weighted by molar-refractivity contribution is 0.103. The molecule has 0 saturated carbocycles. The minimum atomic E-state index is -0.604. The molecule has 0 aliphatic heterocycles. The fourth-order valence-electron chi connectivity index (χ4n) is 3.40. The van der Waals surface area contributed by atoms with Gasteiger partial charge < -0.3 is 8.94 Å². The zero-order chi connectivity index (χ0) is 22.2. The van der Waals surface area contributed by atoms with Crippen molar-refractivity contribution in [3.05, 3.63) is 106 Å². The van der Waals surface area contributed by atoms with Gasteiger partial charge in [-0.15, -0.1) is 0 Å². The van der Waals surface area contributed by atoms with Crippen LogP contribution in [0.5, 0.6) is 0 Å². The lowest BCUT2D eigenvalue weighted by Crippen LogP contribution is -2.15. The van der Waals surface area contributed by atoms with Crippen molar-refractivity contribution in [2.75, 3.05) is 0 Å². The van der Waals surface area contributed by atoms with Crippen molar-refractivity contribution < 1.29 is 18.1 Å². The summed E-state index contributed by atoms with van der Waals surface area (Å²) in [6.07, 6.45) is 0. The average Bonchev–Trinajstić information content (AvgIpc) is 3.38. The van der Waals surface area contributed by atoms with E-state index >= 15 is 0 Å². The van der Waals surface area contributed by atoms with Crippen LogP contribution in [-0.4, -0.2) is 20.5 Å². The van der Waals surface area contributed by atoms with E-state index in [9.17, 15) is 14.0 Å². The van der Waals surface area contributed by atoms with Crippen LogP contribution in [0.2, 0.25) is 0 Å². The molecule has 2 heterocycles. The molecule has 5 rings (SSSR count). The third-order valence-electron chi connectivity index (χ3n) is 5.10. The normalized spacial score (nSPS) is 11.2. The van der Waals surface area contributed by atoms with E-state index in [2.05, 4.69) is 10.1 Å². The smallest absolute Gasteiger partial charge is 0.408 e. The van der Waals surface area contributed by atoms with Gasteiger partial charge in [-0.05, 0) is 49.4 Å². The molecule has 32 heavy (non-hydrogen) atoms. The van der Waals surface area contributed by atoms with Crippen LogP contribution >= 0.6 is 0 Å². The van der Waals surface area contributed by atoms with Crippen molar-refractivity contribution in [1.82, 2.24) is 14.7 Å². The zero-order valence-electron chi connectivity index (χ0n) is 16.9. The molecule has 8 heteroatoms. The predicted molar refractivity (Wildman–Crippen MR) is 114 cm³/mol. The summed E-state index contributed by atoms with van der Waals surface area (Å²) in [4.78, 5) is 29.5. The van der Waals surface area contributed by atoms with Gasteiger partial charge >= 0.3 is 5.76 Å². The Balaban J connectivity index is 1.43. The number of aromatic nitrogens is 3. The number of nitrogens with zero attached hydrogens (tertiary/aromatic N) is 3. The molecule has 0 atom stereocenters. The van der Waals surface area contributed by atoms with Crippen molar-refractivity contribution in [3.8, 4) is 11.5 Å². The van der Waals surface area contributed by atoms with Gasteiger partial charge in [0.1, 0.15) is 5.82 Å². The Morgan fingerprint density at radius 3 is 2.47 bits per heavy atom. The Labute approximate surface area is 180 Å². The highest BCUT2D eigenvalue weighted by Gasteiger charge is 2.17. The fraction of sp³-hybridized carbons (Fsp3) is 0.0833. The molecule has 158 valence electrons. The average molecular weight is 429 g/mol. The highest BCUT2D eigenvalue weighted by Crippen LogP contribution is 2.21. The van der Waals surface area contributed by atoms with Gasteiger partial charge in [-0.3, -0.25) is 9.36 Å². The number of carbonyl (C=O) groups excluding carboxylic acids is 1. The molecular weight excluding hydrogens is 413 g/mol. The van der Waals surface area contributed by atoms with Crippen molar-refractivity contribution in [1.29, 1.82) is 0 Å². The monoisotopic (exact) mass is 429 g/mol. The van der Waals surface area contributed by atoms with E-state index in [-0.39, 0.29) is 35.4 Å². The van der Waals surface area contributed by atoms with Crippen LogP contribution in [0, 0.1) is 12.7 Å². The van der Waals surface area contributed by atoms with Crippen LogP contribution in [0.1, 0.15) is 27.3 Å². The first-order chi connectivity index (χ1) is 15.5. The van der Waals surface area contributed by atoms with Crippen LogP contribution in [0.15, 0.2) is 80.5 Å². The summed E-state index contributed by atoms with van der Waals surface area (Å²) in [5, 5.41) is 3.89. The second kappa shape index (κ2) is 7.73. The first-order valence-electron chi connectivity index (χ1n) is 9.81.